The first kappa shape index (κ1) is 52.4. The normalized spacial score (nSPS) is 16.0. The van der Waals surface area contributed by atoms with Gasteiger partial charge in [0.05, 0.1) is 32.3 Å². The van der Waals surface area contributed by atoms with Gasteiger partial charge in [0.1, 0.15) is 31.1 Å². The Morgan fingerprint density at radius 3 is 1.06 bits per heavy atom. The largest absolute Gasteiger partial charge is 1.00 e. The molecule has 0 heterocycles. The Bertz CT molecular complexity index is 3510. The minimum absolute atomic E-state index is 0. The smallest absolute Gasteiger partial charge is 0.507 e. The van der Waals surface area contributed by atoms with Gasteiger partial charge in [0.2, 0.25) is 11.6 Å². The van der Waals surface area contributed by atoms with Crippen LogP contribution < -0.4 is 40.4 Å². The van der Waals surface area contributed by atoms with Crippen LogP contribution >= 0.6 is 0 Å². The molecule has 0 saturated heterocycles. The third-order valence-electron chi connectivity index (χ3n) is 8.94. The van der Waals surface area contributed by atoms with E-state index >= 15 is 0 Å². The second kappa shape index (κ2) is 18.2. The molecule has 0 aliphatic heterocycles. The van der Waals surface area contributed by atoms with Gasteiger partial charge in [-0.15, -0.1) is 0 Å². The molecule has 0 spiro atoms. The van der Waals surface area contributed by atoms with Crippen LogP contribution in [0.2, 0.25) is 0 Å². The summed E-state index contributed by atoms with van der Waals surface area (Å²) in [4.78, 5) is 20.3. The Balaban J connectivity index is 0.00000840. The first-order valence-electron chi connectivity index (χ1n) is 16.9. The molecule has 4 aromatic rings. The number of aromatic hydroxyl groups is 2. The standard InChI is InChI=1S/C34H24N4O22S6.Na/c39-23-13-21(61(43,44)45)7-17-9-27(65(55,56)57)31(33(41)29(17)23)37-35-19-5-3-15(25(11-19)63(49,50)51)1-2-16-4-6-20(12-26(16)64(52,53)54)36-38-32-28(66(58,59)60)10-18-8-22(62(46,47)48)14-24(40)30(18)34(32)42;/h1-14,35-36,39-40H,(H,43,44,45)(H,46,47,48)(H,49,50,51)(H,52,53,54)(H,55,56,57)(H,58,59,60);/q;+1. The van der Waals surface area contributed by atoms with Gasteiger partial charge in [0.25, 0.3) is 60.7 Å². The minimum atomic E-state index is -5.36. The van der Waals surface area contributed by atoms with E-state index in [1.165, 1.54) is 0 Å². The van der Waals surface area contributed by atoms with E-state index in [-0.39, 0.29) is 29.6 Å². The number of hydrogen-bond donors (Lipinski definition) is 10. The molecule has 2 aliphatic rings. The van der Waals surface area contributed by atoms with Gasteiger partial charge >= 0.3 is 29.6 Å². The molecule has 348 valence electrons. The number of hydrogen-bond acceptors (Lipinski definition) is 20. The van der Waals surface area contributed by atoms with Crippen molar-refractivity contribution in [2.45, 2.75) is 19.6 Å². The molecule has 0 unspecified atom stereocenters. The number of allylic oxidation sites excluding steroid dienone is 2. The van der Waals surface area contributed by atoms with E-state index in [1.807, 2.05) is 0 Å². The van der Waals surface area contributed by atoms with Crippen LogP contribution in [0.4, 0.5) is 11.4 Å². The van der Waals surface area contributed by atoms with Gasteiger partial charge in [0, 0.05) is 12.1 Å². The first-order valence-corrected chi connectivity index (χ1v) is 25.6. The van der Waals surface area contributed by atoms with Crippen LogP contribution in [-0.4, -0.2) is 111 Å². The third-order valence-corrected chi connectivity index (χ3v) is 14.2. The van der Waals surface area contributed by atoms with Crippen LogP contribution in [0.3, 0.4) is 0 Å². The number of phenols is 2. The van der Waals surface area contributed by atoms with Crippen LogP contribution in [0.15, 0.2) is 100 Å². The van der Waals surface area contributed by atoms with E-state index in [0.29, 0.717) is 48.6 Å². The second-order valence-corrected chi connectivity index (χ2v) is 21.7. The zero-order valence-electron chi connectivity index (χ0n) is 32.7. The van der Waals surface area contributed by atoms with E-state index in [9.17, 15) is 97.6 Å². The number of phenolic OH excluding ortho intramolecular Hbond substituents is 2. The van der Waals surface area contributed by atoms with Crippen molar-refractivity contribution in [3.63, 3.8) is 0 Å². The predicted octanol–water partition coefficient (Wildman–Crippen LogP) is -0.955. The molecule has 2 aliphatic carbocycles. The number of nitrogens with one attached hydrogen (secondary N) is 2. The molecule has 0 fully saturated rings. The summed E-state index contributed by atoms with van der Waals surface area (Å²) >= 11 is 0. The average molecular weight is 1060 g/mol. The van der Waals surface area contributed by atoms with Gasteiger partial charge in [0.15, 0.2) is 11.4 Å². The number of carbonyl (C=O) groups is 2. The van der Waals surface area contributed by atoms with Crippen LogP contribution in [0.25, 0.3) is 24.3 Å². The van der Waals surface area contributed by atoms with E-state index in [0.717, 1.165) is 36.4 Å². The number of fused-ring (bicyclic) bond motifs is 2. The van der Waals surface area contributed by atoms with Crippen molar-refractivity contribution >= 4 is 119 Å². The molecule has 6 rings (SSSR count). The van der Waals surface area contributed by atoms with Crippen molar-refractivity contribution in [2.75, 3.05) is 10.9 Å². The van der Waals surface area contributed by atoms with E-state index in [1.54, 1.807) is 0 Å². The number of hydrazone groups is 2. The summed E-state index contributed by atoms with van der Waals surface area (Å²) in [6, 6.07) is 7.45. The Morgan fingerprint density at radius 2 is 0.776 bits per heavy atom. The van der Waals surface area contributed by atoms with Crippen LogP contribution in [0.1, 0.15) is 43.0 Å². The topological polar surface area (TPSA) is 450 Å². The second-order valence-electron chi connectivity index (χ2n) is 13.3. The maximum atomic E-state index is 13.3. The molecular weight excluding hydrogens is 1030 g/mol. The monoisotopic (exact) mass is 1050 g/mol. The average Bonchev–Trinajstić information content (AvgIpc) is 3.16. The fourth-order valence-electron chi connectivity index (χ4n) is 6.10. The molecule has 0 aromatic heterocycles. The van der Waals surface area contributed by atoms with Crippen molar-refractivity contribution in [1.82, 2.24) is 0 Å². The number of Topliss-reactive ketones (excluding diaryl/α,β-unsaturated/α-hetero) is 2. The summed E-state index contributed by atoms with van der Waals surface area (Å²) in [7, 11) is -31.1. The summed E-state index contributed by atoms with van der Waals surface area (Å²) in [6.45, 7) is 0. The molecule has 4 aromatic carbocycles. The Hall–Kier alpha value is -5.56. The van der Waals surface area contributed by atoms with Crippen molar-refractivity contribution in [3.8, 4) is 11.5 Å². The van der Waals surface area contributed by atoms with Gasteiger partial charge in [-0.25, -0.2) is 0 Å². The molecule has 0 radical (unpaired) electrons. The number of nitrogens with zero attached hydrogens (tertiary/aromatic N) is 2. The van der Waals surface area contributed by atoms with Crippen LogP contribution in [0.5, 0.6) is 11.5 Å². The summed E-state index contributed by atoms with van der Waals surface area (Å²) in [6.07, 6.45) is 2.87. The molecule has 67 heavy (non-hydrogen) atoms. The van der Waals surface area contributed by atoms with Gasteiger partial charge in [-0.05, 0) is 70.8 Å². The Kier molecular flexibility index (Phi) is 14.2. The van der Waals surface area contributed by atoms with Crippen molar-refractivity contribution in [2.24, 2.45) is 10.2 Å². The first-order chi connectivity index (χ1) is 30.2. The molecule has 0 bridgehead atoms. The number of benzene rings is 4. The van der Waals surface area contributed by atoms with Gasteiger partial charge in [-0.2, -0.15) is 60.7 Å². The fourth-order valence-corrected chi connectivity index (χ4v) is 9.91. The van der Waals surface area contributed by atoms with E-state index in [2.05, 4.69) is 21.1 Å². The minimum Gasteiger partial charge on any atom is -0.507 e. The third kappa shape index (κ3) is 11.3. The number of anilines is 2. The summed E-state index contributed by atoms with van der Waals surface area (Å²) in [5.74, 6) is -4.97. The molecule has 0 atom stereocenters. The van der Waals surface area contributed by atoms with Gasteiger partial charge in [-0.3, -0.25) is 47.8 Å². The van der Waals surface area contributed by atoms with Crippen LogP contribution in [-0.2, 0) is 60.7 Å². The molecule has 0 saturated carbocycles. The fraction of sp³-hybridized carbons (Fsp3) is 0. The Labute approximate surface area is 399 Å². The SMILES string of the molecule is O=C1C(=NNc2ccc(C=Cc3ccc(NN=C4C(=O)c5c(O)cc(S(=O)(=O)O)cc5C=C4S(=O)(=O)O)cc3S(=O)(=O)O)c(S(=O)(=O)O)c2)C(S(=O)(=O)O)=Cc2cc(S(=O)(=O)O)cc(O)c21.[Na+]. The predicted molar refractivity (Wildman–Crippen MR) is 227 cm³/mol. The summed E-state index contributed by atoms with van der Waals surface area (Å²) < 4.78 is 204. The Morgan fingerprint density at radius 1 is 0.448 bits per heavy atom. The number of carbonyl (C=O) groups excluding carboxylic acids is 2. The maximum Gasteiger partial charge on any atom is 1.00 e. The molecule has 26 nitrogen and oxygen atoms in total. The van der Waals surface area contributed by atoms with Crippen molar-refractivity contribution in [3.05, 3.63) is 104 Å². The molecule has 0 amide bonds. The number of ketones is 2. The zero-order chi connectivity index (χ0) is 49.3. The maximum absolute atomic E-state index is 13.3. The number of rotatable bonds is 12. The van der Waals surface area contributed by atoms with Crippen LogP contribution in [0, 0.1) is 0 Å². The molecule has 33 heteroatoms. The molecular formula is C34H24N4NaO22S6+. The molecule has 10 N–H and O–H groups in total. The van der Waals surface area contributed by atoms with Gasteiger partial charge in [-0.1, -0.05) is 24.3 Å². The zero-order valence-corrected chi connectivity index (χ0v) is 39.6. The van der Waals surface area contributed by atoms with Crippen molar-refractivity contribution < 1.29 is 127 Å². The van der Waals surface area contributed by atoms with E-state index in [4.69, 9.17) is 0 Å². The summed E-state index contributed by atoms with van der Waals surface area (Å²) in [5, 5.41) is 27.9. The summed E-state index contributed by atoms with van der Waals surface area (Å²) in [5.41, 5.74) is -2.23. The van der Waals surface area contributed by atoms with Crippen molar-refractivity contribution in [1.29, 1.82) is 0 Å². The van der Waals surface area contributed by atoms with E-state index < -0.39 is 169 Å². The van der Waals surface area contributed by atoms with Gasteiger partial charge < -0.3 is 10.2 Å². The quantitative estimate of drug-likeness (QED) is 0.0354.